The lowest BCUT2D eigenvalue weighted by Gasteiger charge is -2.12. The lowest BCUT2D eigenvalue weighted by Crippen LogP contribution is -2.34. The average molecular weight is 245 g/mol. The number of carbonyl (C=O) groups is 2. The molecule has 0 aromatic heterocycles. The molecule has 92 valence electrons. The number of thioether (sulfide) groups is 1. The molecule has 0 spiro atoms. The van der Waals surface area contributed by atoms with Gasteiger partial charge in [-0.05, 0) is 12.8 Å². The lowest BCUT2D eigenvalue weighted by atomic mass is 10.2. The van der Waals surface area contributed by atoms with Gasteiger partial charge in [0.05, 0.1) is 11.7 Å². The zero-order valence-electron chi connectivity index (χ0n) is 9.57. The third-order valence-electron chi connectivity index (χ3n) is 2.74. The van der Waals surface area contributed by atoms with Crippen LogP contribution in [0.25, 0.3) is 0 Å². The summed E-state index contributed by atoms with van der Waals surface area (Å²) < 4.78 is 0. The molecule has 0 aromatic carbocycles. The van der Waals surface area contributed by atoms with Crippen LogP contribution >= 0.6 is 11.8 Å². The number of carboxylic acids is 1. The van der Waals surface area contributed by atoms with Gasteiger partial charge >= 0.3 is 5.97 Å². The molecule has 1 rings (SSSR count). The molecule has 1 amide bonds. The maximum Gasteiger partial charge on any atom is 0.307 e. The van der Waals surface area contributed by atoms with Crippen LogP contribution in [0.3, 0.4) is 0 Å². The SMILES string of the molecule is CC(CSCC(=O)NC1CCCC1)C(=O)O. The Morgan fingerprint density at radius 1 is 1.44 bits per heavy atom. The fraction of sp³-hybridized carbons (Fsp3) is 0.818. The fourth-order valence-corrected chi connectivity index (χ4v) is 2.62. The highest BCUT2D eigenvalue weighted by atomic mass is 32.2. The van der Waals surface area contributed by atoms with E-state index in [1.54, 1.807) is 6.92 Å². The second-order valence-electron chi connectivity index (χ2n) is 4.30. The molecular formula is C11H19NO3S. The Hall–Kier alpha value is -0.710. The normalized spacial score (nSPS) is 18.3. The first-order valence-corrected chi connectivity index (χ1v) is 6.85. The van der Waals surface area contributed by atoms with E-state index >= 15 is 0 Å². The Bertz CT molecular complexity index is 252. The van der Waals surface area contributed by atoms with Crippen LogP contribution in [-0.4, -0.2) is 34.5 Å². The molecule has 2 N–H and O–H groups in total. The topological polar surface area (TPSA) is 66.4 Å². The van der Waals surface area contributed by atoms with Crippen molar-refractivity contribution in [3.05, 3.63) is 0 Å². The number of nitrogens with one attached hydrogen (secondary N) is 1. The summed E-state index contributed by atoms with van der Waals surface area (Å²) in [5, 5.41) is 11.6. The third kappa shape index (κ3) is 4.88. The molecule has 4 nitrogen and oxygen atoms in total. The van der Waals surface area contributed by atoms with E-state index in [-0.39, 0.29) is 11.8 Å². The van der Waals surface area contributed by atoms with Gasteiger partial charge in [0.1, 0.15) is 0 Å². The molecule has 1 atom stereocenters. The molecule has 1 aliphatic carbocycles. The van der Waals surface area contributed by atoms with E-state index < -0.39 is 5.97 Å². The molecule has 0 heterocycles. The molecule has 1 unspecified atom stereocenters. The molecule has 0 radical (unpaired) electrons. The molecule has 0 aromatic rings. The minimum Gasteiger partial charge on any atom is -0.481 e. The average Bonchev–Trinajstić information content (AvgIpc) is 2.70. The molecule has 0 aliphatic heterocycles. The van der Waals surface area contributed by atoms with E-state index in [1.807, 2.05) is 0 Å². The molecule has 0 bridgehead atoms. The largest absolute Gasteiger partial charge is 0.481 e. The number of aliphatic carboxylic acids is 1. The standard InChI is InChI=1S/C11H19NO3S/c1-8(11(14)15)6-16-7-10(13)12-9-4-2-3-5-9/h8-9H,2-7H2,1H3,(H,12,13)(H,14,15). The molecule has 16 heavy (non-hydrogen) atoms. The fourth-order valence-electron chi connectivity index (χ4n) is 1.74. The Morgan fingerprint density at radius 2 is 2.06 bits per heavy atom. The first-order valence-electron chi connectivity index (χ1n) is 5.69. The van der Waals surface area contributed by atoms with Crippen LogP contribution in [0.2, 0.25) is 0 Å². The molecule has 1 fully saturated rings. The predicted molar refractivity (Wildman–Crippen MR) is 64.5 cm³/mol. The van der Waals surface area contributed by atoms with Gasteiger partial charge in [0.15, 0.2) is 0 Å². The van der Waals surface area contributed by atoms with Crippen molar-refractivity contribution >= 4 is 23.6 Å². The second-order valence-corrected chi connectivity index (χ2v) is 5.33. The molecular weight excluding hydrogens is 226 g/mol. The van der Waals surface area contributed by atoms with Gasteiger partial charge in [-0.15, -0.1) is 0 Å². The first-order chi connectivity index (χ1) is 7.59. The van der Waals surface area contributed by atoms with Crippen LogP contribution in [0.4, 0.5) is 0 Å². The van der Waals surface area contributed by atoms with Crippen molar-refractivity contribution in [3.63, 3.8) is 0 Å². The van der Waals surface area contributed by atoms with Gasteiger partial charge < -0.3 is 10.4 Å². The van der Waals surface area contributed by atoms with Crippen LogP contribution < -0.4 is 5.32 Å². The van der Waals surface area contributed by atoms with Gasteiger partial charge in [0.25, 0.3) is 0 Å². The van der Waals surface area contributed by atoms with Gasteiger partial charge in [-0.25, -0.2) is 0 Å². The van der Waals surface area contributed by atoms with E-state index in [0.717, 1.165) is 12.8 Å². The number of hydrogen-bond donors (Lipinski definition) is 2. The van der Waals surface area contributed by atoms with Crippen molar-refractivity contribution in [1.82, 2.24) is 5.32 Å². The summed E-state index contributed by atoms with van der Waals surface area (Å²) in [5.74, 6) is -0.288. The van der Waals surface area contributed by atoms with E-state index in [4.69, 9.17) is 5.11 Å². The van der Waals surface area contributed by atoms with Crippen LogP contribution in [0.1, 0.15) is 32.6 Å². The monoisotopic (exact) mass is 245 g/mol. The summed E-state index contributed by atoms with van der Waals surface area (Å²) in [4.78, 5) is 22.0. The van der Waals surface area contributed by atoms with Crippen LogP contribution in [0.5, 0.6) is 0 Å². The lowest BCUT2D eigenvalue weighted by molar-refractivity contribution is -0.140. The van der Waals surface area contributed by atoms with Crippen molar-refractivity contribution < 1.29 is 14.7 Å². The predicted octanol–water partition coefficient (Wildman–Crippen LogP) is 1.50. The highest BCUT2D eigenvalue weighted by Gasteiger charge is 2.17. The van der Waals surface area contributed by atoms with Crippen molar-refractivity contribution in [2.24, 2.45) is 5.92 Å². The Morgan fingerprint density at radius 3 is 2.62 bits per heavy atom. The second kappa shape index (κ2) is 6.78. The Kier molecular flexibility index (Phi) is 5.66. The maximum atomic E-state index is 11.5. The summed E-state index contributed by atoms with van der Waals surface area (Å²) in [7, 11) is 0. The summed E-state index contributed by atoms with van der Waals surface area (Å²) in [5.41, 5.74) is 0. The van der Waals surface area contributed by atoms with Crippen LogP contribution in [-0.2, 0) is 9.59 Å². The highest BCUT2D eigenvalue weighted by molar-refractivity contribution is 7.99. The highest BCUT2D eigenvalue weighted by Crippen LogP contribution is 2.17. The quantitative estimate of drug-likeness (QED) is 0.744. The van der Waals surface area contributed by atoms with Crippen molar-refractivity contribution in [3.8, 4) is 0 Å². The summed E-state index contributed by atoms with van der Waals surface area (Å²) in [6.45, 7) is 1.66. The van der Waals surface area contributed by atoms with Gasteiger partial charge in [0, 0.05) is 11.8 Å². The van der Waals surface area contributed by atoms with Crippen LogP contribution in [0, 0.1) is 5.92 Å². The van der Waals surface area contributed by atoms with Gasteiger partial charge in [-0.3, -0.25) is 9.59 Å². The van der Waals surface area contributed by atoms with Gasteiger partial charge in [-0.2, -0.15) is 11.8 Å². The van der Waals surface area contributed by atoms with E-state index in [9.17, 15) is 9.59 Å². The van der Waals surface area contributed by atoms with Crippen molar-refractivity contribution in [2.45, 2.75) is 38.6 Å². The zero-order chi connectivity index (χ0) is 12.0. The van der Waals surface area contributed by atoms with Gasteiger partial charge in [-0.1, -0.05) is 19.8 Å². The number of amides is 1. The molecule has 1 aliphatic rings. The maximum absolute atomic E-state index is 11.5. The van der Waals surface area contributed by atoms with E-state index in [1.165, 1.54) is 24.6 Å². The third-order valence-corrected chi connectivity index (χ3v) is 3.94. The molecule has 5 heteroatoms. The zero-order valence-corrected chi connectivity index (χ0v) is 10.4. The Labute approximate surface area is 100 Å². The minimum absolute atomic E-state index is 0.0366. The van der Waals surface area contributed by atoms with Crippen molar-refractivity contribution in [1.29, 1.82) is 0 Å². The van der Waals surface area contributed by atoms with E-state index in [0.29, 0.717) is 17.5 Å². The van der Waals surface area contributed by atoms with Gasteiger partial charge in [0.2, 0.25) is 5.91 Å². The van der Waals surface area contributed by atoms with E-state index in [2.05, 4.69) is 5.32 Å². The summed E-state index contributed by atoms with van der Waals surface area (Å²) in [6.07, 6.45) is 4.58. The smallest absolute Gasteiger partial charge is 0.307 e. The number of carboxylic acid groups (broad SMARTS) is 1. The Balaban J connectivity index is 2.08. The molecule has 1 saturated carbocycles. The van der Waals surface area contributed by atoms with Crippen LogP contribution in [0.15, 0.2) is 0 Å². The minimum atomic E-state index is -0.802. The molecule has 0 saturated heterocycles. The van der Waals surface area contributed by atoms with Crippen molar-refractivity contribution in [2.75, 3.05) is 11.5 Å². The number of carbonyl (C=O) groups excluding carboxylic acids is 1. The first kappa shape index (κ1) is 13.4. The summed E-state index contributed by atoms with van der Waals surface area (Å²) in [6, 6.07) is 0.352. The number of rotatable bonds is 6. The summed E-state index contributed by atoms with van der Waals surface area (Å²) >= 11 is 1.39. The number of hydrogen-bond acceptors (Lipinski definition) is 3.